The van der Waals surface area contributed by atoms with E-state index in [-0.39, 0.29) is 17.4 Å². The molecule has 5 rings (SSSR count). The van der Waals surface area contributed by atoms with Crippen LogP contribution in [-0.2, 0) is 19.6 Å². The fraction of sp³-hybridized carbons (Fsp3) is 0.192. The van der Waals surface area contributed by atoms with E-state index in [1.165, 1.54) is 18.2 Å². The Labute approximate surface area is 194 Å². The molecule has 34 heavy (non-hydrogen) atoms. The van der Waals surface area contributed by atoms with Crippen LogP contribution >= 0.6 is 0 Å². The van der Waals surface area contributed by atoms with Gasteiger partial charge in [-0.05, 0) is 66.1 Å². The Kier molecular flexibility index (Phi) is 5.59. The minimum absolute atomic E-state index is 0.107. The fourth-order valence-corrected chi connectivity index (χ4v) is 4.20. The second-order valence-corrected chi connectivity index (χ2v) is 8.29. The van der Waals surface area contributed by atoms with E-state index >= 15 is 0 Å². The molecule has 3 aromatic carbocycles. The van der Waals surface area contributed by atoms with Gasteiger partial charge in [0.05, 0.1) is 6.61 Å². The molecule has 4 aromatic rings. The average Bonchev–Trinajstić information content (AvgIpc) is 3.23. The quantitative estimate of drug-likeness (QED) is 0.477. The van der Waals surface area contributed by atoms with Crippen LogP contribution in [0.3, 0.4) is 0 Å². The van der Waals surface area contributed by atoms with E-state index in [9.17, 15) is 19.1 Å². The molecule has 0 unspecified atom stereocenters. The maximum Gasteiger partial charge on any atom is 0.255 e. The number of aliphatic hydroxyl groups excluding tert-OH is 1. The van der Waals surface area contributed by atoms with E-state index in [1.807, 2.05) is 6.07 Å². The monoisotopic (exact) mass is 459 g/mol. The van der Waals surface area contributed by atoms with Crippen molar-refractivity contribution in [3.63, 3.8) is 0 Å². The summed E-state index contributed by atoms with van der Waals surface area (Å²) in [5, 5.41) is 12.0. The van der Waals surface area contributed by atoms with Gasteiger partial charge in [0.25, 0.3) is 11.8 Å². The second kappa shape index (κ2) is 8.72. The van der Waals surface area contributed by atoms with Crippen molar-refractivity contribution in [2.45, 2.75) is 26.5 Å². The van der Waals surface area contributed by atoms with Crippen molar-refractivity contribution in [3.05, 3.63) is 94.1 Å². The summed E-state index contributed by atoms with van der Waals surface area (Å²) in [6, 6.07) is 14.7. The highest BCUT2D eigenvalue weighted by molar-refractivity contribution is 6.04. The number of oxazole rings is 1. The first kappa shape index (κ1) is 21.8. The molecular formula is C26H22FN3O4. The highest BCUT2D eigenvalue weighted by atomic mass is 19.1. The lowest BCUT2D eigenvalue weighted by Gasteiger charge is -2.29. The van der Waals surface area contributed by atoms with Gasteiger partial charge in [0.15, 0.2) is 11.5 Å². The highest BCUT2D eigenvalue weighted by Gasteiger charge is 2.23. The van der Waals surface area contributed by atoms with Crippen LogP contribution in [0.15, 0.2) is 59.0 Å². The van der Waals surface area contributed by atoms with E-state index in [4.69, 9.17) is 4.42 Å². The summed E-state index contributed by atoms with van der Waals surface area (Å²) in [6.07, 6.45) is 0.685. The number of carbonyl (C=O) groups is 2. The molecule has 0 saturated heterocycles. The molecule has 1 aromatic heterocycles. The molecular weight excluding hydrogens is 437 g/mol. The van der Waals surface area contributed by atoms with E-state index < -0.39 is 12.4 Å². The topological polar surface area (TPSA) is 95.7 Å². The highest BCUT2D eigenvalue weighted by Crippen LogP contribution is 2.24. The van der Waals surface area contributed by atoms with Crippen molar-refractivity contribution < 1.29 is 23.5 Å². The van der Waals surface area contributed by atoms with Gasteiger partial charge in [-0.2, -0.15) is 0 Å². The van der Waals surface area contributed by atoms with Crippen molar-refractivity contribution in [2.75, 3.05) is 11.9 Å². The lowest BCUT2D eigenvalue weighted by Crippen LogP contribution is -2.36. The number of anilines is 1. The van der Waals surface area contributed by atoms with Gasteiger partial charge < -0.3 is 19.7 Å². The number of aliphatic hydroxyl groups is 1. The molecule has 0 saturated carbocycles. The zero-order valence-electron chi connectivity index (χ0n) is 18.5. The minimum atomic E-state index is -0.531. The van der Waals surface area contributed by atoms with Gasteiger partial charge >= 0.3 is 0 Å². The largest absolute Gasteiger partial charge is 0.441 e. The van der Waals surface area contributed by atoms with Crippen molar-refractivity contribution in [1.29, 1.82) is 0 Å². The number of benzene rings is 3. The Hall–Kier alpha value is -4.04. The van der Waals surface area contributed by atoms with Crippen LogP contribution in [0.5, 0.6) is 0 Å². The summed E-state index contributed by atoms with van der Waals surface area (Å²) >= 11 is 0. The van der Waals surface area contributed by atoms with E-state index in [0.717, 1.165) is 11.1 Å². The molecule has 0 aliphatic carbocycles. The second-order valence-electron chi connectivity index (χ2n) is 8.29. The number of halogens is 1. The maximum absolute atomic E-state index is 13.6. The third kappa shape index (κ3) is 4.15. The number of nitrogens with one attached hydrogen (secondary N) is 1. The van der Waals surface area contributed by atoms with Gasteiger partial charge in [0, 0.05) is 42.4 Å². The third-order valence-corrected chi connectivity index (χ3v) is 5.98. The van der Waals surface area contributed by atoms with Gasteiger partial charge in [-0.1, -0.05) is 6.07 Å². The molecule has 0 radical (unpaired) electrons. The van der Waals surface area contributed by atoms with Crippen LogP contribution in [0.2, 0.25) is 0 Å². The molecule has 2 amide bonds. The van der Waals surface area contributed by atoms with Crippen LogP contribution in [0, 0.1) is 12.7 Å². The summed E-state index contributed by atoms with van der Waals surface area (Å²) in [5.41, 5.74) is 4.73. The summed E-state index contributed by atoms with van der Waals surface area (Å²) in [4.78, 5) is 31.9. The first-order valence-electron chi connectivity index (χ1n) is 10.9. The molecule has 1 aliphatic heterocycles. The number of amides is 2. The Balaban J connectivity index is 1.34. The number of carbonyl (C=O) groups excluding carboxylic acids is 2. The van der Waals surface area contributed by atoms with Crippen molar-refractivity contribution in [3.8, 4) is 0 Å². The number of nitrogens with zero attached hydrogens (tertiary/aromatic N) is 2. The molecule has 172 valence electrons. The van der Waals surface area contributed by atoms with Gasteiger partial charge in [-0.15, -0.1) is 0 Å². The SMILES string of the molecule is Cc1nc2ccc(C(=O)N3CCc4ccc(C(=O)Nc5ccc(F)c(CO)c5)cc4C3)cc2o1. The average molecular weight is 459 g/mol. The third-order valence-electron chi connectivity index (χ3n) is 5.98. The van der Waals surface area contributed by atoms with Crippen LogP contribution in [-0.4, -0.2) is 33.3 Å². The number of hydrogen-bond donors (Lipinski definition) is 2. The van der Waals surface area contributed by atoms with E-state index in [1.54, 1.807) is 42.2 Å². The van der Waals surface area contributed by atoms with Crippen LogP contribution in [0.1, 0.15) is 43.3 Å². The minimum Gasteiger partial charge on any atom is -0.441 e. The lowest BCUT2D eigenvalue weighted by atomic mass is 9.96. The van der Waals surface area contributed by atoms with Gasteiger partial charge in [0.1, 0.15) is 11.3 Å². The predicted octanol–water partition coefficient (Wildman–Crippen LogP) is 4.22. The van der Waals surface area contributed by atoms with Gasteiger partial charge in [0.2, 0.25) is 0 Å². The number of aromatic nitrogens is 1. The zero-order valence-corrected chi connectivity index (χ0v) is 18.5. The Bertz CT molecular complexity index is 1430. The Morgan fingerprint density at radius 1 is 1.09 bits per heavy atom. The first-order chi connectivity index (χ1) is 16.4. The molecule has 0 fully saturated rings. The molecule has 0 atom stereocenters. The van der Waals surface area contributed by atoms with Gasteiger partial charge in [-0.25, -0.2) is 9.37 Å². The van der Waals surface area contributed by atoms with Crippen LogP contribution < -0.4 is 5.32 Å². The smallest absolute Gasteiger partial charge is 0.255 e. The van der Waals surface area contributed by atoms with E-state index in [2.05, 4.69) is 10.3 Å². The molecule has 1 aliphatic rings. The van der Waals surface area contributed by atoms with Crippen LogP contribution in [0.4, 0.5) is 10.1 Å². The fourth-order valence-electron chi connectivity index (χ4n) is 4.20. The summed E-state index contributed by atoms with van der Waals surface area (Å²) < 4.78 is 19.2. The first-order valence-corrected chi connectivity index (χ1v) is 10.9. The normalized spacial score (nSPS) is 13.1. The Morgan fingerprint density at radius 2 is 1.91 bits per heavy atom. The van der Waals surface area contributed by atoms with Crippen molar-refractivity contribution >= 4 is 28.6 Å². The lowest BCUT2D eigenvalue weighted by molar-refractivity contribution is 0.0734. The number of aryl methyl sites for hydroxylation is 1. The number of hydrogen-bond acceptors (Lipinski definition) is 5. The zero-order chi connectivity index (χ0) is 23.8. The van der Waals surface area contributed by atoms with E-state index in [0.29, 0.717) is 53.3 Å². The molecule has 8 heteroatoms. The molecule has 7 nitrogen and oxygen atoms in total. The van der Waals surface area contributed by atoms with Crippen LogP contribution in [0.25, 0.3) is 11.1 Å². The molecule has 2 N–H and O–H groups in total. The maximum atomic E-state index is 13.6. The molecule has 2 heterocycles. The number of rotatable bonds is 4. The van der Waals surface area contributed by atoms with Crippen molar-refractivity contribution in [1.82, 2.24) is 9.88 Å². The predicted molar refractivity (Wildman–Crippen MR) is 124 cm³/mol. The number of fused-ring (bicyclic) bond motifs is 2. The molecule has 0 spiro atoms. The molecule has 0 bridgehead atoms. The summed E-state index contributed by atoms with van der Waals surface area (Å²) in [7, 11) is 0. The standard InChI is InChI=1S/C26H22FN3O4/c1-15-28-23-7-4-18(12-24(23)34-15)26(33)30-9-8-16-2-3-17(10-19(16)13-30)25(32)29-21-5-6-22(27)20(11-21)14-31/h2-7,10-12,31H,8-9,13-14H2,1H3,(H,29,32). The van der Waals surface area contributed by atoms with Gasteiger partial charge in [-0.3, -0.25) is 9.59 Å². The van der Waals surface area contributed by atoms with Crippen molar-refractivity contribution in [2.24, 2.45) is 0 Å². The summed E-state index contributed by atoms with van der Waals surface area (Å²) in [6.45, 7) is 2.26. The Morgan fingerprint density at radius 3 is 2.74 bits per heavy atom. The summed E-state index contributed by atoms with van der Waals surface area (Å²) in [5.74, 6) is -0.450.